The predicted octanol–water partition coefficient (Wildman–Crippen LogP) is 3.63. The Balaban J connectivity index is 1.55. The van der Waals surface area contributed by atoms with Crippen molar-refractivity contribution in [2.24, 2.45) is 0 Å². The number of aromatic amines is 1. The highest BCUT2D eigenvalue weighted by atomic mass is 32.2. The largest absolute Gasteiger partial charge is 0.341 e. The number of benzene rings is 2. The minimum atomic E-state index is -0.319. The van der Waals surface area contributed by atoms with Crippen molar-refractivity contribution in [3.63, 3.8) is 0 Å². The van der Waals surface area contributed by atoms with Gasteiger partial charge in [-0.2, -0.15) is 0 Å². The number of thioether (sulfide) groups is 1. The van der Waals surface area contributed by atoms with E-state index < -0.39 is 0 Å². The molecular formula is C18H15N5OS. The van der Waals surface area contributed by atoms with Gasteiger partial charge in [0.1, 0.15) is 16.9 Å². The van der Waals surface area contributed by atoms with Crippen LogP contribution in [0.3, 0.4) is 0 Å². The van der Waals surface area contributed by atoms with Crippen molar-refractivity contribution in [1.29, 1.82) is 0 Å². The van der Waals surface area contributed by atoms with Crippen molar-refractivity contribution in [2.45, 2.75) is 17.2 Å². The van der Waals surface area contributed by atoms with E-state index in [-0.39, 0.29) is 11.2 Å². The van der Waals surface area contributed by atoms with Crippen LogP contribution in [0.1, 0.15) is 6.92 Å². The number of imidazole rings is 1. The summed E-state index contributed by atoms with van der Waals surface area (Å²) >= 11 is 1.38. The van der Waals surface area contributed by atoms with E-state index in [1.165, 1.54) is 18.1 Å². The number of nitrogens with zero attached hydrogens (tertiary/aromatic N) is 3. The maximum absolute atomic E-state index is 12.6. The fourth-order valence-corrected chi connectivity index (χ4v) is 3.50. The smallest absolute Gasteiger partial charge is 0.237 e. The Morgan fingerprint density at radius 2 is 1.96 bits per heavy atom. The van der Waals surface area contributed by atoms with Gasteiger partial charge in [0.15, 0.2) is 5.65 Å². The summed E-state index contributed by atoms with van der Waals surface area (Å²) in [5.41, 5.74) is 2.15. The first-order valence-corrected chi connectivity index (χ1v) is 8.70. The van der Waals surface area contributed by atoms with Crippen LogP contribution in [-0.2, 0) is 4.79 Å². The molecule has 2 heterocycles. The lowest BCUT2D eigenvalue weighted by molar-refractivity contribution is -0.115. The van der Waals surface area contributed by atoms with E-state index in [1.54, 1.807) is 6.33 Å². The second kappa shape index (κ2) is 6.52. The number of fused-ring (bicyclic) bond motifs is 2. The molecule has 0 spiro atoms. The molecule has 2 N–H and O–H groups in total. The fourth-order valence-electron chi connectivity index (χ4n) is 2.62. The Kier molecular flexibility index (Phi) is 4.07. The molecule has 2 aromatic heterocycles. The third-order valence-electron chi connectivity index (χ3n) is 3.89. The molecule has 25 heavy (non-hydrogen) atoms. The van der Waals surface area contributed by atoms with Crippen LogP contribution in [0.5, 0.6) is 0 Å². The van der Waals surface area contributed by atoms with E-state index in [1.807, 2.05) is 49.4 Å². The first-order chi connectivity index (χ1) is 12.2. The third-order valence-corrected chi connectivity index (χ3v) is 4.99. The summed E-state index contributed by atoms with van der Waals surface area (Å²) in [4.78, 5) is 28.1. The van der Waals surface area contributed by atoms with Gasteiger partial charge in [0.2, 0.25) is 5.91 Å². The van der Waals surface area contributed by atoms with Crippen molar-refractivity contribution in [2.75, 3.05) is 5.32 Å². The van der Waals surface area contributed by atoms with Crippen molar-refractivity contribution in [1.82, 2.24) is 19.9 Å². The highest BCUT2D eigenvalue weighted by molar-refractivity contribution is 8.00. The second-order valence-electron chi connectivity index (χ2n) is 5.56. The summed E-state index contributed by atoms with van der Waals surface area (Å²) < 4.78 is 0. The summed E-state index contributed by atoms with van der Waals surface area (Å²) in [5.74, 6) is -0.0763. The van der Waals surface area contributed by atoms with Gasteiger partial charge < -0.3 is 10.3 Å². The van der Waals surface area contributed by atoms with Gasteiger partial charge in [-0.05, 0) is 18.4 Å². The molecule has 0 aliphatic heterocycles. The molecule has 1 amide bonds. The average molecular weight is 349 g/mol. The summed E-state index contributed by atoms with van der Waals surface area (Å²) in [5, 5.41) is 5.52. The zero-order chi connectivity index (χ0) is 17.2. The molecule has 4 aromatic rings. The van der Waals surface area contributed by atoms with Crippen LogP contribution in [0.4, 0.5) is 5.69 Å². The first kappa shape index (κ1) is 15.6. The highest BCUT2D eigenvalue weighted by Crippen LogP contribution is 2.28. The molecule has 2 aromatic carbocycles. The lowest BCUT2D eigenvalue weighted by Crippen LogP contribution is -2.22. The number of carbonyl (C=O) groups is 1. The lowest BCUT2D eigenvalue weighted by atomic mass is 10.1. The third kappa shape index (κ3) is 3.06. The molecule has 124 valence electrons. The maximum atomic E-state index is 12.6. The van der Waals surface area contributed by atoms with Crippen molar-refractivity contribution in [3.05, 3.63) is 55.1 Å². The van der Waals surface area contributed by atoms with Gasteiger partial charge in [0, 0.05) is 11.1 Å². The number of rotatable bonds is 4. The molecular weight excluding hydrogens is 334 g/mol. The number of hydrogen-bond acceptors (Lipinski definition) is 5. The monoisotopic (exact) mass is 349 g/mol. The minimum Gasteiger partial charge on any atom is -0.341 e. The Morgan fingerprint density at radius 3 is 2.88 bits per heavy atom. The number of aromatic nitrogens is 4. The molecule has 7 heteroatoms. The Bertz CT molecular complexity index is 1060. The molecule has 0 radical (unpaired) electrons. The molecule has 0 saturated heterocycles. The number of hydrogen-bond donors (Lipinski definition) is 2. The molecule has 0 bridgehead atoms. The van der Waals surface area contributed by atoms with Gasteiger partial charge in [-0.3, -0.25) is 4.79 Å². The van der Waals surface area contributed by atoms with E-state index >= 15 is 0 Å². The molecule has 1 atom stereocenters. The van der Waals surface area contributed by atoms with Gasteiger partial charge >= 0.3 is 0 Å². The standard InChI is InChI=1S/C18H15N5OS/c1-11(25-18-15-16(20-9-19-15)21-10-22-18)17(24)23-14-8-4-6-12-5-2-3-7-13(12)14/h2-11H,1H3,(H,23,24)(H,19,20,21,22)/t11-/m1/s1. The maximum Gasteiger partial charge on any atom is 0.237 e. The van der Waals surface area contributed by atoms with Crippen LogP contribution < -0.4 is 5.32 Å². The Hall–Kier alpha value is -2.93. The summed E-state index contributed by atoms with van der Waals surface area (Å²) in [7, 11) is 0. The number of anilines is 1. The fraction of sp³-hybridized carbons (Fsp3) is 0.111. The van der Waals surface area contributed by atoms with Gasteiger partial charge in [-0.25, -0.2) is 15.0 Å². The average Bonchev–Trinajstić information content (AvgIpc) is 3.12. The van der Waals surface area contributed by atoms with E-state index in [0.717, 1.165) is 22.0 Å². The molecule has 0 saturated carbocycles. The second-order valence-corrected chi connectivity index (χ2v) is 6.89. The molecule has 4 rings (SSSR count). The topological polar surface area (TPSA) is 83.6 Å². The lowest BCUT2D eigenvalue weighted by Gasteiger charge is -2.13. The zero-order valence-corrected chi connectivity index (χ0v) is 14.2. The van der Waals surface area contributed by atoms with Crippen LogP contribution in [0.2, 0.25) is 0 Å². The van der Waals surface area contributed by atoms with Crippen molar-refractivity contribution in [3.8, 4) is 0 Å². The van der Waals surface area contributed by atoms with E-state index in [4.69, 9.17) is 0 Å². The number of H-pyrrole nitrogens is 1. The molecule has 0 aliphatic carbocycles. The minimum absolute atomic E-state index is 0.0763. The summed E-state index contributed by atoms with van der Waals surface area (Å²) in [6.45, 7) is 1.86. The zero-order valence-electron chi connectivity index (χ0n) is 13.4. The Labute approximate surface area is 148 Å². The SMILES string of the molecule is C[C@@H](Sc1ncnc2nc[nH]c12)C(=O)Nc1cccc2ccccc12. The van der Waals surface area contributed by atoms with Gasteiger partial charge in [0.25, 0.3) is 0 Å². The van der Waals surface area contributed by atoms with Gasteiger partial charge in [-0.15, -0.1) is 0 Å². The normalized spacial score (nSPS) is 12.4. The quantitative estimate of drug-likeness (QED) is 0.434. The van der Waals surface area contributed by atoms with E-state index in [9.17, 15) is 4.79 Å². The van der Waals surface area contributed by atoms with Crippen LogP contribution >= 0.6 is 11.8 Å². The number of carbonyl (C=O) groups excluding carboxylic acids is 1. The van der Waals surface area contributed by atoms with Crippen molar-refractivity contribution >= 4 is 45.3 Å². The first-order valence-electron chi connectivity index (χ1n) is 7.82. The summed E-state index contributed by atoms with van der Waals surface area (Å²) in [6, 6.07) is 13.9. The predicted molar refractivity (Wildman–Crippen MR) is 99.6 cm³/mol. The van der Waals surface area contributed by atoms with E-state index in [0.29, 0.717) is 10.7 Å². The highest BCUT2D eigenvalue weighted by Gasteiger charge is 2.18. The van der Waals surface area contributed by atoms with Crippen LogP contribution in [0, 0.1) is 0 Å². The molecule has 0 aliphatic rings. The summed E-state index contributed by atoms with van der Waals surface area (Å²) in [6.07, 6.45) is 3.03. The Morgan fingerprint density at radius 1 is 1.12 bits per heavy atom. The van der Waals surface area contributed by atoms with Gasteiger partial charge in [-0.1, -0.05) is 48.2 Å². The molecule has 6 nitrogen and oxygen atoms in total. The number of amides is 1. The van der Waals surface area contributed by atoms with E-state index in [2.05, 4.69) is 25.3 Å². The molecule has 0 unspecified atom stereocenters. The van der Waals surface area contributed by atoms with Crippen LogP contribution in [-0.4, -0.2) is 31.1 Å². The van der Waals surface area contributed by atoms with Crippen LogP contribution in [0.15, 0.2) is 60.1 Å². The van der Waals surface area contributed by atoms with Gasteiger partial charge in [0.05, 0.1) is 11.6 Å². The number of nitrogens with one attached hydrogen (secondary N) is 2. The molecule has 0 fully saturated rings. The van der Waals surface area contributed by atoms with Crippen molar-refractivity contribution < 1.29 is 4.79 Å². The van der Waals surface area contributed by atoms with Crippen LogP contribution in [0.25, 0.3) is 21.9 Å².